The van der Waals surface area contributed by atoms with E-state index in [0.717, 1.165) is 25.9 Å². The molecule has 0 aliphatic heterocycles. The Morgan fingerprint density at radius 3 is 2.05 bits per heavy atom. The fraction of sp³-hybridized carbons (Fsp3) is 0.647. The second-order valence-corrected chi connectivity index (χ2v) is 5.18. The van der Waals surface area contributed by atoms with E-state index in [-0.39, 0.29) is 0 Å². The lowest BCUT2D eigenvalue weighted by molar-refractivity contribution is 0.283. The van der Waals surface area contributed by atoms with Gasteiger partial charge in [-0.05, 0) is 57.1 Å². The Hall–Kier alpha value is -0.860. The summed E-state index contributed by atoms with van der Waals surface area (Å²) in [6, 6.07) is 9.65. The molecular weight excluding hydrogens is 232 g/mol. The van der Waals surface area contributed by atoms with Crippen LogP contribution in [0.3, 0.4) is 0 Å². The first-order chi connectivity index (χ1) is 9.23. The first-order valence-corrected chi connectivity index (χ1v) is 7.70. The smallest absolute Gasteiger partial charge is 0.0117 e. The maximum absolute atomic E-state index is 3.46. The summed E-state index contributed by atoms with van der Waals surface area (Å²) in [5.41, 5.74) is 2.86. The number of hydrogen-bond acceptors (Lipinski definition) is 2. The molecule has 0 heterocycles. The molecule has 1 unspecified atom stereocenters. The van der Waals surface area contributed by atoms with Gasteiger partial charge in [0.05, 0.1) is 0 Å². The number of nitrogens with one attached hydrogen (secondary N) is 1. The lowest BCUT2D eigenvalue weighted by atomic mass is 10.0. The quantitative estimate of drug-likeness (QED) is 0.735. The first kappa shape index (κ1) is 16.2. The van der Waals surface area contributed by atoms with Gasteiger partial charge in [-0.2, -0.15) is 0 Å². The Balaban J connectivity index is 2.46. The minimum Gasteiger partial charge on any atom is -0.317 e. The van der Waals surface area contributed by atoms with E-state index in [9.17, 15) is 0 Å². The average Bonchev–Trinajstić information content (AvgIpc) is 2.47. The fourth-order valence-electron chi connectivity index (χ4n) is 2.42. The van der Waals surface area contributed by atoms with Gasteiger partial charge in [-0.15, -0.1) is 0 Å². The Bertz CT molecular complexity index is 328. The normalized spacial score (nSPS) is 12.9. The zero-order valence-corrected chi connectivity index (χ0v) is 13.1. The van der Waals surface area contributed by atoms with Crippen LogP contribution in [0.1, 0.15) is 38.3 Å². The molecule has 1 rings (SSSR count). The van der Waals surface area contributed by atoms with E-state index in [1.165, 1.54) is 24.1 Å². The highest BCUT2D eigenvalue weighted by atomic mass is 15.1. The molecule has 0 amide bonds. The van der Waals surface area contributed by atoms with Crippen LogP contribution >= 0.6 is 0 Å². The van der Waals surface area contributed by atoms with Crippen molar-refractivity contribution in [3.63, 3.8) is 0 Å². The van der Waals surface area contributed by atoms with Crippen LogP contribution in [0.4, 0.5) is 0 Å². The van der Waals surface area contributed by atoms with Gasteiger partial charge in [-0.25, -0.2) is 0 Å². The van der Waals surface area contributed by atoms with Crippen molar-refractivity contribution in [2.45, 2.75) is 46.1 Å². The number of rotatable bonds is 9. The van der Waals surface area contributed by atoms with Gasteiger partial charge in [-0.3, -0.25) is 0 Å². The van der Waals surface area contributed by atoms with Crippen molar-refractivity contribution in [2.75, 3.05) is 26.7 Å². The molecule has 0 spiro atoms. The molecule has 1 aromatic carbocycles. The molecule has 0 bridgehead atoms. The van der Waals surface area contributed by atoms with Crippen molar-refractivity contribution in [3.8, 4) is 0 Å². The summed E-state index contributed by atoms with van der Waals surface area (Å²) in [5, 5.41) is 3.46. The van der Waals surface area contributed by atoms with Crippen molar-refractivity contribution < 1.29 is 0 Å². The summed E-state index contributed by atoms with van der Waals surface area (Å²) in [5.74, 6) is 0. The summed E-state index contributed by atoms with van der Waals surface area (Å²) >= 11 is 0. The fourth-order valence-corrected chi connectivity index (χ4v) is 2.42. The standard InChI is InChI=1S/C17H30N2/c1-5-15-8-10-16(11-9-15)14-17(18-4)12-13-19(6-2)7-3/h8-11,17-18H,5-7,12-14H2,1-4H3. The van der Waals surface area contributed by atoms with E-state index < -0.39 is 0 Å². The van der Waals surface area contributed by atoms with Crippen molar-refractivity contribution in [1.29, 1.82) is 0 Å². The highest BCUT2D eigenvalue weighted by Gasteiger charge is 2.09. The van der Waals surface area contributed by atoms with E-state index in [2.05, 4.69) is 62.3 Å². The van der Waals surface area contributed by atoms with Gasteiger partial charge >= 0.3 is 0 Å². The highest BCUT2D eigenvalue weighted by Crippen LogP contribution is 2.09. The molecule has 0 fully saturated rings. The van der Waals surface area contributed by atoms with Crippen LogP contribution in [-0.4, -0.2) is 37.6 Å². The van der Waals surface area contributed by atoms with Crippen LogP contribution in [0, 0.1) is 0 Å². The molecule has 0 aliphatic rings. The molecule has 19 heavy (non-hydrogen) atoms. The first-order valence-electron chi connectivity index (χ1n) is 7.70. The lowest BCUT2D eigenvalue weighted by Crippen LogP contribution is -2.33. The summed E-state index contributed by atoms with van der Waals surface area (Å²) in [6.07, 6.45) is 3.47. The van der Waals surface area contributed by atoms with Crippen LogP contribution in [0.5, 0.6) is 0 Å². The second-order valence-electron chi connectivity index (χ2n) is 5.18. The van der Waals surface area contributed by atoms with Gasteiger partial charge < -0.3 is 10.2 Å². The minimum atomic E-state index is 0.577. The summed E-state index contributed by atoms with van der Waals surface area (Å²) in [4.78, 5) is 2.49. The van der Waals surface area contributed by atoms with Crippen LogP contribution in [0.15, 0.2) is 24.3 Å². The molecule has 1 aromatic rings. The van der Waals surface area contributed by atoms with Crippen molar-refractivity contribution >= 4 is 0 Å². The van der Waals surface area contributed by atoms with Crippen molar-refractivity contribution in [1.82, 2.24) is 10.2 Å². The molecular formula is C17H30N2. The number of nitrogens with zero attached hydrogens (tertiary/aromatic N) is 1. The largest absolute Gasteiger partial charge is 0.317 e. The van der Waals surface area contributed by atoms with Crippen molar-refractivity contribution in [2.24, 2.45) is 0 Å². The number of benzene rings is 1. The van der Waals surface area contributed by atoms with Gasteiger partial charge in [0.1, 0.15) is 0 Å². The zero-order valence-electron chi connectivity index (χ0n) is 13.1. The highest BCUT2D eigenvalue weighted by molar-refractivity contribution is 5.23. The molecule has 0 saturated carbocycles. The van der Waals surface area contributed by atoms with E-state index in [0.29, 0.717) is 6.04 Å². The predicted octanol–water partition coefficient (Wildman–Crippen LogP) is 3.11. The molecule has 2 nitrogen and oxygen atoms in total. The van der Waals surface area contributed by atoms with Crippen molar-refractivity contribution in [3.05, 3.63) is 35.4 Å². The molecule has 108 valence electrons. The topological polar surface area (TPSA) is 15.3 Å². The van der Waals surface area contributed by atoms with Crippen LogP contribution in [0.2, 0.25) is 0 Å². The summed E-state index contributed by atoms with van der Waals surface area (Å²) in [7, 11) is 2.08. The lowest BCUT2D eigenvalue weighted by Gasteiger charge is -2.22. The third-order valence-electron chi connectivity index (χ3n) is 4.01. The molecule has 0 radical (unpaired) electrons. The monoisotopic (exact) mass is 262 g/mol. The van der Waals surface area contributed by atoms with Gasteiger partial charge in [0.2, 0.25) is 0 Å². The maximum atomic E-state index is 3.46. The molecule has 0 aromatic heterocycles. The number of aryl methyl sites for hydroxylation is 1. The minimum absolute atomic E-state index is 0.577. The average molecular weight is 262 g/mol. The number of hydrogen-bond donors (Lipinski definition) is 1. The molecule has 1 atom stereocenters. The van der Waals surface area contributed by atoms with E-state index >= 15 is 0 Å². The Labute approximate surface area is 119 Å². The number of likely N-dealkylation sites (N-methyl/N-ethyl adjacent to an activating group) is 1. The third-order valence-corrected chi connectivity index (χ3v) is 4.01. The maximum Gasteiger partial charge on any atom is 0.0117 e. The van der Waals surface area contributed by atoms with Gasteiger partial charge in [0.25, 0.3) is 0 Å². The zero-order chi connectivity index (χ0) is 14.1. The summed E-state index contributed by atoms with van der Waals surface area (Å²) < 4.78 is 0. The van der Waals surface area contributed by atoms with E-state index in [4.69, 9.17) is 0 Å². The van der Waals surface area contributed by atoms with Crippen LogP contribution in [-0.2, 0) is 12.8 Å². The van der Waals surface area contributed by atoms with Crippen LogP contribution < -0.4 is 5.32 Å². The Morgan fingerprint density at radius 2 is 1.58 bits per heavy atom. The van der Waals surface area contributed by atoms with E-state index in [1.807, 2.05) is 0 Å². The van der Waals surface area contributed by atoms with Crippen LogP contribution in [0.25, 0.3) is 0 Å². The Kier molecular flexibility index (Phi) is 7.76. The third kappa shape index (κ3) is 5.75. The predicted molar refractivity (Wildman–Crippen MR) is 84.8 cm³/mol. The molecule has 1 N–H and O–H groups in total. The molecule has 0 aliphatic carbocycles. The Morgan fingerprint density at radius 1 is 1.00 bits per heavy atom. The second kappa shape index (κ2) is 9.11. The van der Waals surface area contributed by atoms with Gasteiger partial charge in [-0.1, -0.05) is 45.0 Å². The summed E-state index contributed by atoms with van der Waals surface area (Å²) in [6.45, 7) is 10.2. The van der Waals surface area contributed by atoms with Gasteiger partial charge in [0.15, 0.2) is 0 Å². The van der Waals surface area contributed by atoms with Gasteiger partial charge in [0, 0.05) is 6.04 Å². The molecule has 2 heteroatoms. The SMILES string of the molecule is CCc1ccc(CC(CCN(CC)CC)NC)cc1. The molecule has 0 saturated heterocycles. The van der Waals surface area contributed by atoms with E-state index in [1.54, 1.807) is 0 Å².